The van der Waals surface area contributed by atoms with Crippen LogP contribution in [0.1, 0.15) is 31.1 Å². The zero-order valence-corrected chi connectivity index (χ0v) is 25.6. The minimum absolute atomic E-state index is 0.00836. The van der Waals surface area contributed by atoms with Crippen LogP contribution < -0.4 is 5.56 Å². The molecule has 4 heterocycles. The summed E-state index contributed by atoms with van der Waals surface area (Å²) in [7, 11) is -0.0142. The molecule has 0 fully saturated rings. The zero-order chi connectivity index (χ0) is 29.2. The predicted octanol–water partition coefficient (Wildman–Crippen LogP) is 5.87. The van der Waals surface area contributed by atoms with Crippen LogP contribution in [0, 0.1) is 0 Å². The van der Waals surface area contributed by atoms with Crippen molar-refractivity contribution in [3.05, 3.63) is 58.1 Å². The summed E-state index contributed by atoms with van der Waals surface area (Å²) in [5.41, 5.74) is 1.11. The largest absolute Gasteiger partial charge is 0.465 e. The Hall–Kier alpha value is -3.61. The molecular formula is C28H34N4O6SSi. The third kappa shape index (κ3) is 6.74. The van der Waals surface area contributed by atoms with E-state index in [1.54, 1.807) is 44.6 Å². The first-order chi connectivity index (χ1) is 18.8. The van der Waals surface area contributed by atoms with E-state index >= 15 is 0 Å². The van der Waals surface area contributed by atoms with Gasteiger partial charge in [0.15, 0.2) is 0 Å². The SMILES string of the molecule is COC(=O)c1cc(-c2nc(-c3cn(C(=O)OC(C)(C)C)c4ncccc34)cs2)c(=O)n(COCC[Si](C)(C)C)c1. The van der Waals surface area contributed by atoms with E-state index in [-0.39, 0.29) is 23.4 Å². The lowest BCUT2D eigenvalue weighted by Gasteiger charge is -2.19. The van der Waals surface area contributed by atoms with E-state index in [9.17, 15) is 14.4 Å². The minimum atomic E-state index is -1.30. The van der Waals surface area contributed by atoms with Crippen LogP contribution in [0.2, 0.25) is 25.7 Å². The second-order valence-corrected chi connectivity index (χ2v) is 18.0. The Morgan fingerprint density at radius 3 is 2.55 bits per heavy atom. The summed E-state index contributed by atoms with van der Waals surface area (Å²) in [6.45, 7) is 12.7. The third-order valence-corrected chi connectivity index (χ3v) is 8.48. The number of carbonyl (C=O) groups excluding carboxylic acids is 2. The molecule has 4 aromatic rings. The summed E-state index contributed by atoms with van der Waals surface area (Å²) in [5.74, 6) is -0.569. The summed E-state index contributed by atoms with van der Waals surface area (Å²) in [5, 5.41) is 2.93. The Morgan fingerprint density at radius 1 is 1.12 bits per heavy atom. The number of ether oxygens (including phenoxy) is 3. The summed E-state index contributed by atoms with van der Waals surface area (Å²) in [6, 6.07) is 6.06. The van der Waals surface area contributed by atoms with Gasteiger partial charge in [-0.1, -0.05) is 19.6 Å². The molecule has 0 saturated heterocycles. The maximum absolute atomic E-state index is 13.4. The molecule has 12 heteroatoms. The smallest absolute Gasteiger partial charge is 0.420 e. The molecule has 10 nitrogen and oxygen atoms in total. The average molecular weight is 583 g/mol. The van der Waals surface area contributed by atoms with Crippen LogP contribution >= 0.6 is 11.3 Å². The van der Waals surface area contributed by atoms with Gasteiger partial charge in [0.1, 0.15) is 23.0 Å². The van der Waals surface area contributed by atoms with Crippen molar-refractivity contribution in [1.29, 1.82) is 0 Å². The van der Waals surface area contributed by atoms with Gasteiger partial charge in [-0.25, -0.2) is 24.1 Å². The number of nitrogens with zero attached hydrogens (tertiary/aromatic N) is 4. The second-order valence-electron chi connectivity index (χ2n) is 11.6. The molecule has 0 amide bonds. The van der Waals surface area contributed by atoms with Gasteiger partial charge in [0.25, 0.3) is 5.56 Å². The van der Waals surface area contributed by atoms with Crippen molar-refractivity contribution in [2.45, 2.75) is 58.8 Å². The van der Waals surface area contributed by atoms with E-state index in [1.165, 1.54) is 39.8 Å². The molecule has 0 N–H and O–H groups in total. The van der Waals surface area contributed by atoms with Gasteiger partial charge in [-0.05, 0) is 45.0 Å². The highest BCUT2D eigenvalue weighted by molar-refractivity contribution is 7.13. The van der Waals surface area contributed by atoms with E-state index in [0.717, 1.165) is 6.04 Å². The van der Waals surface area contributed by atoms with Crippen molar-refractivity contribution in [2.75, 3.05) is 13.7 Å². The molecule has 0 atom stereocenters. The first-order valence-corrected chi connectivity index (χ1v) is 17.4. The minimum Gasteiger partial charge on any atom is -0.465 e. The first-order valence-electron chi connectivity index (χ1n) is 12.8. The maximum atomic E-state index is 13.4. The van der Waals surface area contributed by atoms with Gasteiger partial charge >= 0.3 is 12.1 Å². The van der Waals surface area contributed by atoms with Gasteiger partial charge < -0.3 is 14.2 Å². The first kappa shape index (κ1) is 29.4. The highest BCUT2D eigenvalue weighted by Gasteiger charge is 2.24. The normalized spacial score (nSPS) is 12.1. The highest BCUT2D eigenvalue weighted by Crippen LogP contribution is 2.33. The number of fused-ring (bicyclic) bond motifs is 1. The van der Waals surface area contributed by atoms with Crippen molar-refractivity contribution in [3.8, 4) is 21.8 Å². The topological polar surface area (TPSA) is 115 Å². The number of esters is 1. The number of thiazole rings is 1. The Bertz CT molecular complexity index is 1610. The number of aromatic nitrogens is 4. The molecule has 40 heavy (non-hydrogen) atoms. The Balaban J connectivity index is 1.72. The molecule has 0 saturated carbocycles. The monoisotopic (exact) mass is 582 g/mol. The van der Waals surface area contributed by atoms with E-state index in [4.69, 9.17) is 19.2 Å². The molecule has 0 unspecified atom stereocenters. The number of carbonyl (C=O) groups is 2. The summed E-state index contributed by atoms with van der Waals surface area (Å²) < 4.78 is 19.0. The Morgan fingerprint density at radius 2 is 1.88 bits per heavy atom. The number of methoxy groups -OCH3 is 1. The molecule has 0 aromatic carbocycles. The van der Waals surface area contributed by atoms with Crippen LogP contribution in [0.25, 0.3) is 32.9 Å². The fourth-order valence-electron chi connectivity index (χ4n) is 3.89. The van der Waals surface area contributed by atoms with Crippen molar-refractivity contribution < 1.29 is 23.8 Å². The van der Waals surface area contributed by atoms with E-state index in [0.29, 0.717) is 33.9 Å². The lowest BCUT2D eigenvalue weighted by Crippen LogP contribution is -2.26. The van der Waals surface area contributed by atoms with Gasteiger partial charge in [0.05, 0.1) is 23.9 Å². The molecule has 0 aliphatic carbocycles. The highest BCUT2D eigenvalue weighted by atomic mass is 32.1. The third-order valence-electron chi connectivity index (χ3n) is 5.90. The van der Waals surface area contributed by atoms with Gasteiger partial charge in [0, 0.05) is 49.6 Å². The van der Waals surface area contributed by atoms with Gasteiger partial charge in [-0.15, -0.1) is 11.3 Å². The molecule has 4 rings (SSSR count). The van der Waals surface area contributed by atoms with Crippen LogP contribution in [0.15, 0.2) is 47.0 Å². The fraction of sp³-hybridized carbons (Fsp3) is 0.393. The van der Waals surface area contributed by atoms with Crippen molar-refractivity contribution in [2.24, 2.45) is 0 Å². The van der Waals surface area contributed by atoms with E-state index in [1.807, 2.05) is 6.07 Å². The van der Waals surface area contributed by atoms with E-state index < -0.39 is 25.7 Å². The van der Waals surface area contributed by atoms with Crippen molar-refractivity contribution in [3.63, 3.8) is 0 Å². The van der Waals surface area contributed by atoms with Gasteiger partial charge in [-0.3, -0.25) is 9.36 Å². The van der Waals surface area contributed by atoms with Gasteiger partial charge in [-0.2, -0.15) is 0 Å². The molecule has 0 spiro atoms. The number of rotatable bonds is 8. The second kappa shape index (κ2) is 11.5. The van der Waals surface area contributed by atoms with Crippen molar-refractivity contribution in [1.82, 2.24) is 19.1 Å². The number of hydrogen-bond donors (Lipinski definition) is 0. The molecule has 0 bridgehead atoms. The predicted molar refractivity (Wildman–Crippen MR) is 158 cm³/mol. The summed E-state index contributed by atoms with van der Waals surface area (Å²) in [4.78, 5) is 47.9. The number of hydrogen-bond acceptors (Lipinski definition) is 9. The summed E-state index contributed by atoms with van der Waals surface area (Å²) >= 11 is 1.26. The lowest BCUT2D eigenvalue weighted by molar-refractivity contribution is 0.0541. The van der Waals surface area contributed by atoms with Crippen LogP contribution in [0.5, 0.6) is 0 Å². The Labute approximate surface area is 237 Å². The molecule has 0 aliphatic heterocycles. The van der Waals surface area contributed by atoms with Gasteiger partial charge in [0.2, 0.25) is 0 Å². The fourth-order valence-corrected chi connectivity index (χ4v) is 5.47. The molecule has 4 aromatic heterocycles. The molecule has 0 radical (unpaired) electrons. The maximum Gasteiger partial charge on any atom is 0.420 e. The summed E-state index contributed by atoms with van der Waals surface area (Å²) in [6.07, 6.45) is 4.13. The van der Waals surface area contributed by atoms with Crippen LogP contribution in [-0.4, -0.2) is 58.6 Å². The van der Waals surface area contributed by atoms with Crippen LogP contribution in [0.3, 0.4) is 0 Å². The standard InChI is InChI=1S/C28H34N4O6SSi/c1-28(2,3)38-27(35)32-15-21(19-9-8-10-29-23(19)32)22-16-39-24(30-22)20-13-18(26(34)36-4)14-31(25(20)33)17-37-11-12-40(5,6)7/h8-10,13-16H,11-12,17H2,1-7H3. The van der Waals surface area contributed by atoms with E-state index in [2.05, 4.69) is 24.6 Å². The molecule has 212 valence electrons. The number of pyridine rings is 2. The van der Waals surface area contributed by atoms with Crippen LogP contribution in [-0.2, 0) is 20.9 Å². The molecule has 0 aliphatic rings. The van der Waals surface area contributed by atoms with Crippen molar-refractivity contribution >= 4 is 42.5 Å². The molecular weight excluding hydrogens is 548 g/mol. The zero-order valence-electron chi connectivity index (χ0n) is 23.8. The lowest BCUT2D eigenvalue weighted by atomic mass is 10.1. The van der Waals surface area contributed by atoms with Crippen LogP contribution in [0.4, 0.5) is 4.79 Å². The Kier molecular flexibility index (Phi) is 8.43. The quantitative estimate of drug-likeness (QED) is 0.144. The average Bonchev–Trinajstić information content (AvgIpc) is 3.50.